The number of esters is 2. The monoisotopic (exact) mass is 348 g/mol. The molecule has 2 unspecified atom stereocenters. The van der Waals surface area contributed by atoms with Crippen molar-refractivity contribution in [2.75, 3.05) is 7.11 Å². The van der Waals surface area contributed by atoms with Crippen LogP contribution in [0.4, 0.5) is 0 Å². The lowest BCUT2D eigenvalue weighted by Gasteiger charge is -2.44. The van der Waals surface area contributed by atoms with Crippen LogP contribution in [0.1, 0.15) is 52.4 Å². The maximum absolute atomic E-state index is 13.0. The Morgan fingerprint density at radius 1 is 1.28 bits per heavy atom. The molecule has 25 heavy (non-hydrogen) atoms. The van der Waals surface area contributed by atoms with E-state index < -0.39 is 17.1 Å². The highest BCUT2D eigenvalue weighted by atomic mass is 16.6. The summed E-state index contributed by atoms with van der Waals surface area (Å²) in [6, 6.07) is 0. The van der Waals surface area contributed by atoms with Crippen LogP contribution >= 0.6 is 0 Å². The molecule has 5 nitrogen and oxygen atoms in total. The molecule has 1 N–H and O–H groups in total. The highest BCUT2D eigenvalue weighted by Gasteiger charge is 2.83. The molecule has 4 bridgehead atoms. The van der Waals surface area contributed by atoms with Crippen molar-refractivity contribution >= 4 is 11.9 Å². The van der Waals surface area contributed by atoms with E-state index in [0.29, 0.717) is 24.7 Å². The van der Waals surface area contributed by atoms with Gasteiger partial charge in [0.1, 0.15) is 5.60 Å². The molecular weight excluding hydrogens is 320 g/mol. The number of hydrogen-bond acceptors (Lipinski definition) is 5. The number of ether oxygens (including phenoxy) is 2. The third-order valence-electron chi connectivity index (χ3n) is 9.06. The number of carbonyl (C=O) groups excluding carboxylic acids is 2. The Bertz CT molecular complexity index is 656. The first-order chi connectivity index (χ1) is 11.8. The molecule has 1 aliphatic heterocycles. The van der Waals surface area contributed by atoms with E-state index in [2.05, 4.69) is 6.92 Å². The van der Waals surface area contributed by atoms with Crippen LogP contribution in [0.5, 0.6) is 0 Å². The van der Waals surface area contributed by atoms with Crippen molar-refractivity contribution < 1.29 is 24.2 Å². The van der Waals surface area contributed by atoms with Gasteiger partial charge >= 0.3 is 11.9 Å². The molecule has 0 aromatic rings. The maximum Gasteiger partial charge on any atom is 0.315 e. The summed E-state index contributed by atoms with van der Waals surface area (Å²) in [6.45, 7) is 4.13. The molecule has 1 saturated heterocycles. The van der Waals surface area contributed by atoms with Gasteiger partial charge in [-0.3, -0.25) is 9.59 Å². The summed E-state index contributed by atoms with van der Waals surface area (Å²) in [5.74, 6) is 0.394. The van der Waals surface area contributed by atoms with Crippen LogP contribution in [0, 0.1) is 40.4 Å². The fourth-order valence-electron chi connectivity index (χ4n) is 8.19. The third-order valence-corrected chi connectivity index (χ3v) is 9.06. The largest absolute Gasteiger partial charge is 0.469 e. The molecule has 1 heterocycles. The van der Waals surface area contributed by atoms with Gasteiger partial charge < -0.3 is 14.6 Å². The Hall–Kier alpha value is -1.10. The van der Waals surface area contributed by atoms with Gasteiger partial charge in [-0.1, -0.05) is 6.92 Å². The molecule has 5 heteroatoms. The summed E-state index contributed by atoms with van der Waals surface area (Å²) in [4.78, 5) is 25.9. The van der Waals surface area contributed by atoms with Gasteiger partial charge in [0, 0.05) is 11.8 Å². The molecule has 138 valence electrons. The highest BCUT2D eigenvalue weighted by Crippen LogP contribution is 2.78. The smallest absolute Gasteiger partial charge is 0.315 e. The predicted molar refractivity (Wildman–Crippen MR) is 88.2 cm³/mol. The number of carbonyl (C=O) groups is 2. The van der Waals surface area contributed by atoms with Gasteiger partial charge in [-0.25, -0.2) is 0 Å². The maximum atomic E-state index is 13.0. The van der Waals surface area contributed by atoms with Crippen LogP contribution in [0.15, 0.2) is 0 Å². The summed E-state index contributed by atoms with van der Waals surface area (Å²) in [5.41, 5.74) is -1.67. The fourth-order valence-corrected chi connectivity index (χ4v) is 8.19. The van der Waals surface area contributed by atoms with Crippen molar-refractivity contribution in [3.05, 3.63) is 0 Å². The number of rotatable bonds is 1. The van der Waals surface area contributed by atoms with E-state index in [-0.39, 0.29) is 35.1 Å². The van der Waals surface area contributed by atoms with E-state index in [9.17, 15) is 14.7 Å². The highest BCUT2D eigenvalue weighted by molar-refractivity contribution is 5.85. The van der Waals surface area contributed by atoms with Crippen LogP contribution in [0.2, 0.25) is 0 Å². The van der Waals surface area contributed by atoms with E-state index in [0.717, 1.165) is 25.7 Å². The van der Waals surface area contributed by atoms with E-state index in [1.54, 1.807) is 0 Å². The molecule has 0 aromatic carbocycles. The van der Waals surface area contributed by atoms with Crippen LogP contribution in [-0.2, 0) is 19.1 Å². The van der Waals surface area contributed by atoms with Crippen molar-refractivity contribution in [3.63, 3.8) is 0 Å². The molecule has 4 aliphatic carbocycles. The summed E-state index contributed by atoms with van der Waals surface area (Å²) in [5, 5.41) is 10.7. The average Bonchev–Trinajstić information content (AvgIpc) is 3.05. The van der Waals surface area contributed by atoms with Crippen molar-refractivity contribution in [1.82, 2.24) is 0 Å². The van der Waals surface area contributed by atoms with Gasteiger partial charge in [0.2, 0.25) is 0 Å². The second-order valence-corrected chi connectivity index (χ2v) is 9.67. The minimum atomic E-state index is -0.982. The standard InChI is InChI=1S/C20H28O5/c1-10-8-19-9-11(10)4-5-12(19)20-7-6-13(21)18(2,17(23)25-20)15(20)14(19)16(22)24-3/h10-15,21H,4-9H2,1-3H3/t10-,11+,12?,13-,14+,15+,18?,19-,20-/m0/s1. The average molecular weight is 348 g/mol. The van der Waals surface area contributed by atoms with Gasteiger partial charge in [-0.15, -0.1) is 0 Å². The Labute approximate surface area is 148 Å². The van der Waals surface area contributed by atoms with Crippen molar-refractivity contribution in [2.45, 2.75) is 64.1 Å². The number of aliphatic hydroxyl groups is 1. The van der Waals surface area contributed by atoms with Crippen LogP contribution in [-0.4, -0.2) is 35.9 Å². The fraction of sp³-hybridized carbons (Fsp3) is 0.900. The molecule has 0 aromatic heterocycles. The Morgan fingerprint density at radius 3 is 2.76 bits per heavy atom. The summed E-state index contributed by atoms with van der Waals surface area (Å²) in [6.07, 6.45) is 4.77. The Morgan fingerprint density at radius 2 is 2.04 bits per heavy atom. The molecule has 9 atom stereocenters. The van der Waals surface area contributed by atoms with Gasteiger partial charge in [0.05, 0.1) is 24.5 Å². The van der Waals surface area contributed by atoms with Gasteiger partial charge in [-0.2, -0.15) is 0 Å². The Balaban J connectivity index is 1.73. The molecule has 5 rings (SSSR count). The number of fused-ring (bicyclic) bond motifs is 1. The van der Waals surface area contributed by atoms with Crippen molar-refractivity contribution in [1.29, 1.82) is 0 Å². The number of aliphatic hydroxyl groups excluding tert-OH is 1. The number of methoxy groups -OCH3 is 1. The van der Waals surface area contributed by atoms with E-state index in [1.165, 1.54) is 7.11 Å². The molecule has 4 saturated carbocycles. The van der Waals surface area contributed by atoms with E-state index in [4.69, 9.17) is 9.47 Å². The quantitative estimate of drug-likeness (QED) is 0.736. The second-order valence-electron chi connectivity index (χ2n) is 9.67. The first-order valence-corrected chi connectivity index (χ1v) is 9.80. The molecule has 0 amide bonds. The first-order valence-electron chi connectivity index (χ1n) is 9.80. The first kappa shape index (κ1) is 16.1. The van der Waals surface area contributed by atoms with E-state index >= 15 is 0 Å². The summed E-state index contributed by atoms with van der Waals surface area (Å²) < 4.78 is 11.4. The molecule has 0 radical (unpaired) electrons. The molecule has 5 aliphatic rings. The summed E-state index contributed by atoms with van der Waals surface area (Å²) in [7, 11) is 1.45. The Kier molecular flexibility index (Phi) is 2.96. The molecule has 1 spiro atoms. The zero-order valence-corrected chi connectivity index (χ0v) is 15.3. The van der Waals surface area contributed by atoms with Crippen molar-refractivity contribution in [2.24, 2.45) is 40.4 Å². The van der Waals surface area contributed by atoms with Crippen LogP contribution in [0.3, 0.4) is 0 Å². The minimum absolute atomic E-state index is 0.119. The van der Waals surface area contributed by atoms with E-state index in [1.807, 2.05) is 6.92 Å². The normalized spacial score (nSPS) is 58.5. The second kappa shape index (κ2) is 4.59. The third kappa shape index (κ3) is 1.53. The molecular formula is C20H28O5. The zero-order valence-electron chi connectivity index (χ0n) is 15.3. The van der Waals surface area contributed by atoms with Crippen LogP contribution < -0.4 is 0 Å². The lowest BCUT2D eigenvalue weighted by Crippen LogP contribution is -2.53. The van der Waals surface area contributed by atoms with Gasteiger partial charge in [0.15, 0.2) is 0 Å². The lowest BCUT2D eigenvalue weighted by molar-refractivity contribution is -0.163. The zero-order chi connectivity index (χ0) is 17.8. The number of hydrogen-bond donors (Lipinski definition) is 1. The summed E-state index contributed by atoms with van der Waals surface area (Å²) >= 11 is 0. The predicted octanol–water partition coefficient (Wildman–Crippen LogP) is 2.30. The van der Waals surface area contributed by atoms with Gasteiger partial charge in [0.25, 0.3) is 0 Å². The SMILES string of the molecule is COC(=O)[C@H]1[C@@H]2C3(C)C(=O)O[C@@]2(CC[C@@H]3O)C2CC[C@@H]3C[C@@]21C[C@@H]3C. The molecule has 5 fully saturated rings. The minimum Gasteiger partial charge on any atom is -0.469 e. The van der Waals surface area contributed by atoms with Gasteiger partial charge in [-0.05, 0) is 62.7 Å². The van der Waals surface area contributed by atoms with Crippen LogP contribution in [0.25, 0.3) is 0 Å². The lowest BCUT2D eigenvalue weighted by atomic mass is 9.59. The topological polar surface area (TPSA) is 72.8 Å². The van der Waals surface area contributed by atoms with Crippen molar-refractivity contribution in [3.8, 4) is 0 Å².